The minimum atomic E-state index is 0.506. The molecule has 1 aromatic heterocycles. The van der Waals surface area contributed by atoms with Crippen molar-refractivity contribution in [2.24, 2.45) is 5.10 Å². The lowest BCUT2D eigenvalue weighted by Crippen LogP contribution is -2.25. The lowest BCUT2D eigenvalue weighted by Gasteiger charge is -2.20. The van der Waals surface area contributed by atoms with E-state index < -0.39 is 0 Å². The molecule has 25 heavy (non-hydrogen) atoms. The van der Waals surface area contributed by atoms with Crippen LogP contribution in [0.25, 0.3) is 0 Å². The second-order valence-corrected chi connectivity index (χ2v) is 6.43. The molecule has 0 aliphatic carbocycles. The van der Waals surface area contributed by atoms with E-state index in [9.17, 15) is 0 Å². The van der Waals surface area contributed by atoms with Crippen molar-refractivity contribution >= 4 is 24.1 Å². The van der Waals surface area contributed by atoms with Crippen molar-refractivity contribution in [2.75, 3.05) is 41.4 Å². The molecule has 2 fully saturated rings. The Morgan fingerprint density at radius 1 is 0.800 bits per heavy atom. The highest BCUT2D eigenvalue weighted by Gasteiger charge is 2.21. The van der Waals surface area contributed by atoms with Crippen LogP contribution in [0.5, 0.6) is 0 Å². The summed E-state index contributed by atoms with van der Waals surface area (Å²) in [4.78, 5) is 18.3. The first-order chi connectivity index (χ1) is 12.4. The highest BCUT2D eigenvalue weighted by atomic mass is 15.4. The van der Waals surface area contributed by atoms with Gasteiger partial charge in [0.05, 0.1) is 6.21 Å². The van der Waals surface area contributed by atoms with Gasteiger partial charge in [-0.15, -0.1) is 0 Å². The first-order valence-corrected chi connectivity index (χ1v) is 8.98. The van der Waals surface area contributed by atoms with Crippen molar-refractivity contribution in [2.45, 2.75) is 25.7 Å². The third-order valence-electron chi connectivity index (χ3n) is 4.57. The third-order valence-corrected chi connectivity index (χ3v) is 4.57. The molecule has 2 saturated heterocycles. The van der Waals surface area contributed by atoms with Crippen LogP contribution in [0.3, 0.4) is 0 Å². The smallest absolute Gasteiger partial charge is 0.250 e. The van der Waals surface area contributed by atoms with Crippen molar-refractivity contribution in [1.29, 1.82) is 0 Å². The SMILES string of the molecule is C(=NNc1nc(N2CCCC2)nc(N2CCCC2)n1)c1ccccc1. The van der Waals surface area contributed by atoms with Crippen LogP contribution < -0.4 is 15.2 Å². The summed E-state index contributed by atoms with van der Waals surface area (Å²) in [7, 11) is 0. The molecule has 7 heteroatoms. The predicted octanol–water partition coefficient (Wildman–Crippen LogP) is 2.52. The van der Waals surface area contributed by atoms with E-state index in [0.717, 1.165) is 43.6 Å². The van der Waals surface area contributed by atoms with Gasteiger partial charge in [-0.3, -0.25) is 0 Å². The molecule has 0 atom stereocenters. The van der Waals surface area contributed by atoms with Crippen LogP contribution in [-0.2, 0) is 0 Å². The van der Waals surface area contributed by atoms with E-state index in [1.807, 2.05) is 30.3 Å². The van der Waals surface area contributed by atoms with E-state index in [4.69, 9.17) is 4.98 Å². The first-order valence-electron chi connectivity index (χ1n) is 8.98. The average Bonchev–Trinajstić information content (AvgIpc) is 3.36. The number of benzene rings is 1. The van der Waals surface area contributed by atoms with Gasteiger partial charge in [-0.2, -0.15) is 20.1 Å². The molecule has 0 saturated carbocycles. The Kier molecular flexibility index (Phi) is 4.72. The minimum Gasteiger partial charge on any atom is -0.341 e. The quantitative estimate of drug-likeness (QED) is 0.668. The van der Waals surface area contributed by atoms with Crippen LogP contribution >= 0.6 is 0 Å². The molecule has 1 N–H and O–H groups in total. The molecule has 2 aliphatic heterocycles. The van der Waals surface area contributed by atoms with E-state index in [-0.39, 0.29) is 0 Å². The van der Waals surface area contributed by atoms with Crippen LogP contribution in [0.4, 0.5) is 17.8 Å². The lowest BCUT2D eigenvalue weighted by atomic mass is 10.2. The maximum absolute atomic E-state index is 4.70. The number of nitrogens with one attached hydrogen (secondary N) is 1. The zero-order valence-electron chi connectivity index (χ0n) is 14.3. The molecular formula is C18H23N7. The summed E-state index contributed by atoms with van der Waals surface area (Å²) in [5.41, 5.74) is 4.01. The van der Waals surface area contributed by atoms with E-state index >= 15 is 0 Å². The molecule has 0 amide bonds. The molecule has 4 rings (SSSR count). The van der Waals surface area contributed by atoms with Crippen molar-refractivity contribution in [3.05, 3.63) is 35.9 Å². The second-order valence-electron chi connectivity index (χ2n) is 6.43. The molecule has 1 aromatic carbocycles. The maximum Gasteiger partial charge on any atom is 0.250 e. The fourth-order valence-corrected chi connectivity index (χ4v) is 3.22. The molecule has 0 bridgehead atoms. The minimum absolute atomic E-state index is 0.506. The zero-order valence-corrected chi connectivity index (χ0v) is 14.3. The number of hydrogen-bond acceptors (Lipinski definition) is 7. The second kappa shape index (κ2) is 7.46. The Morgan fingerprint density at radius 3 is 1.92 bits per heavy atom. The van der Waals surface area contributed by atoms with Gasteiger partial charge in [-0.1, -0.05) is 30.3 Å². The van der Waals surface area contributed by atoms with Gasteiger partial charge in [0.15, 0.2) is 0 Å². The van der Waals surface area contributed by atoms with Crippen molar-refractivity contribution in [1.82, 2.24) is 15.0 Å². The molecule has 3 heterocycles. The molecule has 2 aliphatic rings. The highest BCUT2D eigenvalue weighted by molar-refractivity contribution is 5.79. The number of anilines is 3. The summed E-state index contributed by atoms with van der Waals surface area (Å²) in [5.74, 6) is 2.02. The Bertz CT molecular complexity index is 685. The van der Waals surface area contributed by atoms with Crippen LogP contribution in [0.15, 0.2) is 35.4 Å². The fourth-order valence-electron chi connectivity index (χ4n) is 3.22. The average molecular weight is 337 g/mol. The lowest BCUT2D eigenvalue weighted by molar-refractivity contribution is 0.838. The van der Waals surface area contributed by atoms with E-state index in [0.29, 0.717) is 5.95 Å². The first kappa shape index (κ1) is 15.8. The van der Waals surface area contributed by atoms with Crippen molar-refractivity contribution in [3.63, 3.8) is 0 Å². The molecule has 0 spiro atoms. The van der Waals surface area contributed by atoms with Gasteiger partial charge in [-0.25, -0.2) is 5.43 Å². The van der Waals surface area contributed by atoms with E-state index in [1.165, 1.54) is 25.7 Å². The normalized spacial score (nSPS) is 17.6. The van der Waals surface area contributed by atoms with Crippen LogP contribution in [0.2, 0.25) is 0 Å². The zero-order chi connectivity index (χ0) is 16.9. The van der Waals surface area contributed by atoms with Gasteiger partial charge in [0.1, 0.15) is 0 Å². The Labute approximate surface area is 147 Å². The number of aromatic nitrogens is 3. The van der Waals surface area contributed by atoms with Crippen molar-refractivity contribution < 1.29 is 0 Å². The van der Waals surface area contributed by atoms with Gasteiger partial charge >= 0.3 is 0 Å². The van der Waals surface area contributed by atoms with Gasteiger partial charge in [0, 0.05) is 26.2 Å². The summed E-state index contributed by atoms with van der Waals surface area (Å²) in [6, 6.07) is 9.97. The Morgan fingerprint density at radius 2 is 1.36 bits per heavy atom. The molecule has 0 unspecified atom stereocenters. The molecule has 130 valence electrons. The van der Waals surface area contributed by atoms with Gasteiger partial charge in [-0.05, 0) is 31.2 Å². The van der Waals surface area contributed by atoms with Crippen LogP contribution in [-0.4, -0.2) is 47.3 Å². The highest BCUT2D eigenvalue weighted by Crippen LogP contribution is 2.22. The summed E-state index contributed by atoms with van der Waals surface area (Å²) in [6.45, 7) is 4.04. The fraction of sp³-hybridized carbons (Fsp3) is 0.444. The largest absolute Gasteiger partial charge is 0.341 e. The monoisotopic (exact) mass is 337 g/mol. The number of hydrogen-bond donors (Lipinski definition) is 1. The summed E-state index contributed by atoms with van der Waals surface area (Å²) >= 11 is 0. The summed E-state index contributed by atoms with van der Waals surface area (Å²) in [5, 5.41) is 4.28. The topological polar surface area (TPSA) is 69.5 Å². The molecule has 2 aromatic rings. The maximum atomic E-state index is 4.70. The van der Waals surface area contributed by atoms with Gasteiger partial charge in [0.25, 0.3) is 0 Å². The summed E-state index contributed by atoms with van der Waals surface area (Å²) in [6.07, 6.45) is 6.55. The van der Waals surface area contributed by atoms with Crippen LogP contribution in [0.1, 0.15) is 31.2 Å². The predicted molar refractivity (Wildman–Crippen MR) is 100 cm³/mol. The standard InChI is InChI=1S/C18H23N7/c1-2-8-15(9-3-1)14-19-23-16-20-17(24-10-4-5-11-24)22-18(21-16)25-12-6-7-13-25/h1-3,8-9,14H,4-7,10-13H2,(H,20,21,22,23). The summed E-state index contributed by atoms with van der Waals surface area (Å²) < 4.78 is 0. The molecule has 7 nitrogen and oxygen atoms in total. The van der Waals surface area contributed by atoms with E-state index in [1.54, 1.807) is 6.21 Å². The number of nitrogens with zero attached hydrogens (tertiary/aromatic N) is 6. The molecular weight excluding hydrogens is 314 g/mol. The Balaban J connectivity index is 1.55. The van der Waals surface area contributed by atoms with E-state index in [2.05, 4.69) is 30.3 Å². The Hall–Kier alpha value is -2.70. The van der Waals surface area contributed by atoms with Crippen molar-refractivity contribution in [3.8, 4) is 0 Å². The van der Waals surface area contributed by atoms with Crippen LogP contribution in [0, 0.1) is 0 Å². The number of hydrazone groups is 1. The van der Waals surface area contributed by atoms with Gasteiger partial charge < -0.3 is 9.80 Å². The third kappa shape index (κ3) is 3.87. The number of rotatable bonds is 5. The van der Waals surface area contributed by atoms with Gasteiger partial charge in [0.2, 0.25) is 17.8 Å². The molecule has 0 radical (unpaired) electrons.